The smallest absolute Gasteiger partial charge is 0.288 e. The van der Waals surface area contributed by atoms with Crippen molar-refractivity contribution in [1.82, 2.24) is 4.98 Å². The molecule has 94 valence electrons. The molecule has 1 aromatic rings. The van der Waals surface area contributed by atoms with Crippen LogP contribution in [0.15, 0.2) is 12.1 Å². The minimum absolute atomic E-state index is 0.00677. The van der Waals surface area contributed by atoms with Gasteiger partial charge in [-0.25, -0.2) is 4.98 Å². The fourth-order valence-electron chi connectivity index (χ4n) is 1.22. The quantitative estimate of drug-likeness (QED) is 0.362. The zero-order chi connectivity index (χ0) is 13.5. The minimum atomic E-state index is -0.469. The summed E-state index contributed by atoms with van der Waals surface area (Å²) >= 11 is 1.22. The molecule has 6 heteroatoms. The van der Waals surface area contributed by atoms with Crippen LogP contribution < -0.4 is 0 Å². The van der Waals surface area contributed by atoms with Crippen LogP contribution in [0.2, 0.25) is 0 Å². The zero-order valence-corrected chi connectivity index (χ0v) is 10.9. The molecule has 0 aliphatic rings. The average molecular weight is 264 g/mol. The van der Waals surface area contributed by atoms with Gasteiger partial charge in [0.2, 0.25) is 0 Å². The molecular weight excluding hydrogens is 252 g/mol. The van der Waals surface area contributed by atoms with Gasteiger partial charge in [0.25, 0.3) is 5.69 Å². The third kappa shape index (κ3) is 4.55. The second kappa shape index (κ2) is 6.77. The number of thioether (sulfide) groups is 1. The summed E-state index contributed by atoms with van der Waals surface area (Å²) in [6, 6.07) is 2.92. The summed E-state index contributed by atoms with van der Waals surface area (Å²) in [6.45, 7) is 3.09. The summed E-state index contributed by atoms with van der Waals surface area (Å²) in [5.74, 6) is 6.34. The van der Waals surface area contributed by atoms with Crippen LogP contribution in [0.4, 0.5) is 5.69 Å². The van der Waals surface area contributed by atoms with Crippen LogP contribution in [0.1, 0.15) is 24.7 Å². The maximum Gasteiger partial charge on any atom is 0.290 e. The highest BCUT2D eigenvalue weighted by Crippen LogP contribution is 2.14. The minimum Gasteiger partial charge on any atom is -0.288 e. The second-order valence-corrected chi connectivity index (χ2v) is 4.72. The van der Waals surface area contributed by atoms with Crippen molar-refractivity contribution in [2.75, 3.05) is 5.75 Å². The monoisotopic (exact) mass is 264 g/mol. The molecule has 18 heavy (non-hydrogen) atoms. The lowest BCUT2D eigenvalue weighted by Crippen LogP contribution is -1.95. The molecule has 0 saturated heterocycles. The van der Waals surface area contributed by atoms with E-state index in [2.05, 4.69) is 16.8 Å². The Kier molecular flexibility index (Phi) is 5.33. The van der Waals surface area contributed by atoms with Gasteiger partial charge in [0.1, 0.15) is 11.4 Å². The van der Waals surface area contributed by atoms with Crippen LogP contribution in [0.5, 0.6) is 0 Å². The van der Waals surface area contributed by atoms with Crippen LogP contribution >= 0.6 is 11.8 Å². The number of carbonyl (C=O) groups is 1. The predicted octanol–water partition coefficient (Wildman–Crippen LogP) is 2.32. The van der Waals surface area contributed by atoms with E-state index < -0.39 is 4.92 Å². The summed E-state index contributed by atoms with van der Waals surface area (Å²) in [4.78, 5) is 24.8. The molecule has 0 N–H and O–H groups in total. The highest BCUT2D eigenvalue weighted by atomic mass is 32.2. The molecule has 0 bridgehead atoms. The van der Waals surface area contributed by atoms with Gasteiger partial charge in [-0.2, -0.15) is 0 Å². The molecular formula is C12H12N2O3S. The van der Waals surface area contributed by atoms with Crippen molar-refractivity contribution in [2.24, 2.45) is 0 Å². The number of hydrogen-bond donors (Lipinski definition) is 0. The van der Waals surface area contributed by atoms with Gasteiger partial charge < -0.3 is 0 Å². The topological polar surface area (TPSA) is 73.1 Å². The molecule has 1 rings (SSSR count). The fraction of sp³-hybridized carbons (Fsp3) is 0.333. The first kappa shape index (κ1) is 14.2. The number of nitrogens with zero attached hydrogens (tertiary/aromatic N) is 2. The number of carbonyl (C=O) groups excluding carboxylic acids is 1. The van der Waals surface area contributed by atoms with Gasteiger partial charge in [0.15, 0.2) is 5.12 Å². The second-order valence-electron chi connectivity index (χ2n) is 3.45. The van der Waals surface area contributed by atoms with Gasteiger partial charge in [0.05, 0.1) is 4.92 Å². The van der Waals surface area contributed by atoms with Gasteiger partial charge in [-0.05, 0) is 18.9 Å². The molecule has 0 aliphatic carbocycles. The maximum atomic E-state index is 10.7. The highest BCUT2D eigenvalue weighted by Gasteiger charge is 2.10. The summed E-state index contributed by atoms with van der Waals surface area (Å²) in [5, 5.41) is 10.7. The number of hydrogen-bond acceptors (Lipinski definition) is 5. The van der Waals surface area contributed by atoms with E-state index >= 15 is 0 Å². The molecule has 0 saturated carbocycles. The molecule has 5 nitrogen and oxygen atoms in total. The predicted molar refractivity (Wildman–Crippen MR) is 70.3 cm³/mol. The molecule has 0 spiro atoms. The third-order valence-corrected chi connectivity index (χ3v) is 2.82. The van der Waals surface area contributed by atoms with Gasteiger partial charge in [-0.3, -0.25) is 14.9 Å². The largest absolute Gasteiger partial charge is 0.290 e. The maximum absolute atomic E-state index is 10.7. The van der Waals surface area contributed by atoms with Crippen molar-refractivity contribution in [3.05, 3.63) is 33.6 Å². The van der Waals surface area contributed by atoms with E-state index in [1.54, 1.807) is 6.92 Å². The Balaban J connectivity index is 2.64. The van der Waals surface area contributed by atoms with Crippen molar-refractivity contribution >= 4 is 22.6 Å². The Bertz CT molecular complexity index is 532. The molecule has 1 aromatic heterocycles. The van der Waals surface area contributed by atoms with Crippen LogP contribution in [0.25, 0.3) is 0 Å². The van der Waals surface area contributed by atoms with E-state index in [4.69, 9.17) is 0 Å². The molecule has 0 atom stereocenters. The number of aryl methyl sites for hydroxylation is 1. The summed E-state index contributed by atoms with van der Waals surface area (Å²) in [5.41, 5.74) is 0.850. The lowest BCUT2D eigenvalue weighted by atomic mass is 10.2. The molecule has 0 radical (unpaired) electrons. The van der Waals surface area contributed by atoms with Crippen molar-refractivity contribution in [3.8, 4) is 11.8 Å². The summed E-state index contributed by atoms with van der Waals surface area (Å²) < 4.78 is 0. The summed E-state index contributed by atoms with van der Waals surface area (Å²) in [6.07, 6.45) is 0.585. The Labute approximate surface area is 109 Å². The number of rotatable bonds is 3. The standard InChI is InChI=1S/C12H12N2O3S/c1-9-12(14(16)17)7-6-11(13-9)5-3-4-8-18-10(2)15/h6-7H,4,8H2,1-2H3. The molecule has 0 unspecified atom stereocenters. The van der Waals surface area contributed by atoms with Crippen molar-refractivity contribution in [3.63, 3.8) is 0 Å². The van der Waals surface area contributed by atoms with Crippen LogP contribution in [0, 0.1) is 28.9 Å². The zero-order valence-electron chi connectivity index (χ0n) is 10.1. The van der Waals surface area contributed by atoms with Crippen LogP contribution in [0.3, 0.4) is 0 Å². The SMILES string of the molecule is CC(=O)SCCC#Cc1ccc([N+](=O)[O-])c(C)n1. The highest BCUT2D eigenvalue weighted by molar-refractivity contribution is 8.13. The lowest BCUT2D eigenvalue weighted by molar-refractivity contribution is -0.385. The Hall–Kier alpha value is -1.87. The Morgan fingerprint density at radius 3 is 2.83 bits per heavy atom. The lowest BCUT2D eigenvalue weighted by Gasteiger charge is -1.96. The van der Waals surface area contributed by atoms with E-state index in [1.165, 1.54) is 30.8 Å². The van der Waals surface area contributed by atoms with Crippen molar-refractivity contribution in [1.29, 1.82) is 0 Å². The number of pyridine rings is 1. The summed E-state index contributed by atoms with van der Waals surface area (Å²) in [7, 11) is 0. The molecule has 0 aromatic carbocycles. The van der Waals surface area contributed by atoms with Gasteiger partial charge in [-0.15, -0.1) is 0 Å². The first-order valence-electron chi connectivity index (χ1n) is 5.25. The van der Waals surface area contributed by atoms with Gasteiger partial charge >= 0.3 is 0 Å². The fourth-order valence-corrected chi connectivity index (χ4v) is 1.71. The first-order valence-corrected chi connectivity index (χ1v) is 6.23. The van der Waals surface area contributed by atoms with E-state index in [-0.39, 0.29) is 10.8 Å². The average Bonchev–Trinajstić information content (AvgIpc) is 2.27. The Morgan fingerprint density at radius 2 is 2.28 bits per heavy atom. The van der Waals surface area contributed by atoms with E-state index in [9.17, 15) is 14.9 Å². The first-order chi connectivity index (χ1) is 8.50. The van der Waals surface area contributed by atoms with Crippen LogP contribution in [-0.2, 0) is 4.79 Å². The molecule has 1 heterocycles. The normalized spacial score (nSPS) is 9.44. The van der Waals surface area contributed by atoms with Crippen molar-refractivity contribution < 1.29 is 9.72 Å². The van der Waals surface area contributed by atoms with Crippen LogP contribution in [-0.4, -0.2) is 20.8 Å². The number of nitro groups is 1. The third-order valence-electron chi connectivity index (χ3n) is 2.00. The number of aromatic nitrogens is 1. The van der Waals surface area contributed by atoms with E-state index in [1.807, 2.05) is 0 Å². The Morgan fingerprint density at radius 1 is 1.56 bits per heavy atom. The van der Waals surface area contributed by atoms with Gasteiger partial charge in [-0.1, -0.05) is 17.7 Å². The van der Waals surface area contributed by atoms with Crippen molar-refractivity contribution in [2.45, 2.75) is 20.3 Å². The molecule has 0 amide bonds. The van der Waals surface area contributed by atoms with E-state index in [0.717, 1.165) is 0 Å². The molecule has 0 fully saturated rings. The van der Waals surface area contributed by atoms with E-state index in [0.29, 0.717) is 23.6 Å². The molecule has 0 aliphatic heterocycles. The van der Waals surface area contributed by atoms with Gasteiger partial charge in [0, 0.05) is 25.2 Å².